The van der Waals surface area contributed by atoms with Gasteiger partial charge in [-0.2, -0.15) is 0 Å². The summed E-state index contributed by atoms with van der Waals surface area (Å²) in [5.74, 6) is 0. The number of hydrogen-bond acceptors (Lipinski definition) is 3. The van der Waals surface area contributed by atoms with Crippen LogP contribution in [0.25, 0.3) is 22.1 Å². The van der Waals surface area contributed by atoms with E-state index in [1.54, 1.807) is 4.40 Å². The van der Waals surface area contributed by atoms with Crippen LogP contribution in [0.1, 0.15) is 5.56 Å². The fraction of sp³-hybridized carbons (Fsp3) is 0. The van der Waals surface area contributed by atoms with Gasteiger partial charge in [0.25, 0.3) is 5.56 Å². The van der Waals surface area contributed by atoms with Crippen LogP contribution in [0.3, 0.4) is 0 Å². The van der Waals surface area contributed by atoms with Crippen molar-refractivity contribution in [2.45, 2.75) is 0 Å². The van der Waals surface area contributed by atoms with Gasteiger partial charge in [-0.1, -0.05) is 23.5 Å². The molecule has 0 bridgehead atoms. The van der Waals surface area contributed by atoms with Gasteiger partial charge in [0.05, 0.1) is 15.6 Å². The standard InChI is InChI=1S/C15H9N3OS/c19-14-13(9-10-5-7-16-8-6-10)20-15-17-11-3-1-2-4-12(11)18(14)15/h1-9H/p+1. The Morgan fingerprint density at radius 1 is 1.15 bits per heavy atom. The number of thiazole rings is 1. The minimum absolute atomic E-state index is 0.00784. The van der Waals surface area contributed by atoms with Gasteiger partial charge in [0.1, 0.15) is 0 Å². The molecule has 20 heavy (non-hydrogen) atoms. The smallest absolute Gasteiger partial charge is 0.267 e. The van der Waals surface area contributed by atoms with Gasteiger partial charge >= 0.3 is 0 Å². The number of benzene rings is 1. The average Bonchev–Trinajstić information content (AvgIpc) is 2.98. The van der Waals surface area contributed by atoms with Crippen LogP contribution in [0.5, 0.6) is 0 Å². The molecular formula is C15H10N3OS+. The van der Waals surface area contributed by atoms with E-state index >= 15 is 0 Å². The second-order valence-corrected chi connectivity index (χ2v) is 5.48. The predicted octanol–water partition coefficient (Wildman–Crippen LogP) is 1.27. The van der Waals surface area contributed by atoms with Gasteiger partial charge in [-0.25, -0.2) is 14.4 Å². The summed E-state index contributed by atoms with van der Waals surface area (Å²) in [7, 11) is 0. The molecule has 3 heterocycles. The number of para-hydroxylation sites is 2. The lowest BCUT2D eigenvalue weighted by atomic mass is 10.2. The number of pyridine rings is 1. The molecule has 0 atom stereocenters. The van der Waals surface area contributed by atoms with Gasteiger partial charge in [-0.3, -0.25) is 4.79 Å². The topological polar surface area (TPSA) is 48.5 Å². The third kappa shape index (κ3) is 1.64. The number of aromatic nitrogens is 3. The third-order valence-corrected chi connectivity index (χ3v) is 4.16. The zero-order chi connectivity index (χ0) is 13.5. The van der Waals surface area contributed by atoms with Crippen molar-refractivity contribution in [3.05, 3.63) is 69.2 Å². The van der Waals surface area contributed by atoms with Crippen LogP contribution < -0.4 is 15.1 Å². The van der Waals surface area contributed by atoms with Gasteiger partial charge in [0.15, 0.2) is 17.4 Å². The quantitative estimate of drug-likeness (QED) is 0.527. The van der Waals surface area contributed by atoms with E-state index in [0.717, 1.165) is 21.6 Å². The van der Waals surface area contributed by atoms with Gasteiger partial charge < -0.3 is 0 Å². The summed E-state index contributed by atoms with van der Waals surface area (Å²) in [6.45, 7) is 0. The van der Waals surface area contributed by atoms with Gasteiger partial charge in [0.2, 0.25) is 0 Å². The SMILES string of the molecule is O=c1c(=Cc2cc[nH+]cc2)sc2nc3ccccc3n12. The van der Waals surface area contributed by atoms with Gasteiger partial charge in [-0.15, -0.1) is 0 Å². The Labute approximate surface area is 117 Å². The van der Waals surface area contributed by atoms with Crippen molar-refractivity contribution in [3.8, 4) is 0 Å². The molecule has 1 aromatic carbocycles. The number of aromatic amines is 1. The zero-order valence-corrected chi connectivity index (χ0v) is 11.2. The molecule has 0 saturated heterocycles. The van der Waals surface area contributed by atoms with Crippen molar-refractivity contribution in [1.29, 1.82) is 0 Å². The third-order valence-electron chi connectivity index (χ3n) is 3.19. The number of imidazole rings is 1. The first-order chi connectivity index (χ1) is 9.83. The minimum atomic E-state index is -0.00784. The number of nitrogens with one attached hydrogen (secondary N) is 1. The second kappa shape index (κ2) is 4.25. The van der Waals surface area contributed by atoms with Crippen LogP contribution >= 0.6 is 11.3 Å². The first kappa shape index (κ1) is 11.3. The lowest BCUT2D eigenvalue weighted by molar-refractivity contribution is -0.378. The van der Waals surface area contributed by atoms with Crippen LogP contribution in [0.4, 0.5) is 0 Å². The summed E-state index contributed by atoms with van der Waals surface area (Å²) in [6.07, 6.45) is 5.57. The van der Waals surface area contributed by atoms with E-state index in [0.29, 0.717) is 4.53 Å². The van der Waals surface area contributed by atoms with Crippen LogP contribution in [-0.2, 0) is 0 Å². The fourth-order valence-electron chi connectivity index (χ4n) is 2.26. The summed E-state index contributed by atoms with van der Waals surface area (Å²) < 4.78 is 2.38. The van der Waals surface area contributed by atoms with Crippen LogP contribution in [0.2, 0.25) is 0 Å². The molecule has 1 N–H and O–H groups in total. The number of nitrogens with zero attached hydrogens (tertiary/aromatic N) is 2. The molecule has 0 spiro atoms. The minimum Gasteiger partial charge on any atom is -0.267 e. The van der Waals surface area contributed by atoms with E-state index in [1.165, 1.54) is 11.3 Å². The van der Waals surface area contributed by atoms with E-state index in [9.17, 15) is 4.79 Å². The predicted molar refractivity (Wildman–Crippen MR) is 78.6 cm³/mol. The first-order valence-electron chi connectivity index (χ1n) is 6.21. The Hall–Kier alpha value is -2.53. The molecule has 0 aliphatic heterocycles. The Balaban J connectivity index is 2.06. The molecule has 96 valence electrons. The molecule has 0 fully saturated rings. The Morgan fingerprint density at radius 3 is 2.80 bits per heavy atom. The van der Waals surface area contributed by atoms with E-state index in [-0.39, 0.29) is 5.56 Å². The summed E-state index contributed by atoms with van der Waals surface area (Å²) in [5, 5.41) is 0. The second-order valence-electron chi connectivity index (χ2n) is 4.47. The summed E-state index contributed by atoms with van der Waals surface area (Å²) in [5.41, 5.74) is 2.71. The molecule has 4 aromatic rings. The Kier molecular flexibility index (Phi) is 2.40. The lowest BCUT2D eigenvalue weighted by Gasteiger charge is -1.87. The highest BCUT2D eigenvalue weighted by molar-refractivity contribution is 7.15. The molecule has 0 radical (unpaired) electrons. The number of H-pyrrole nitrogens is 1. The molecule has 4 rings (SSSR count). The summed E-state index contributed by atoms with van der Waals surface area (Å²) >= 11 is 1.42. The Bertz CT molecular complexity index is 1020. The largest absolute Gasteiger partial charge is 0.274 e. The average molecular weight is 280 g/mol. The van der Waals surface area contributed by atoms with Gasteiger partial charge in [0, 0.05) is 12.1 Å². The van der Waals surface area contributed by atoms with Gasteiger partial charge in [-0.05, 0) is 23.8 Å². The number of rotatable bonds is 1. The van der Waals surface area contributed by atoms with Crippen molar-refractivity contribution in [3.63, 3.8) is 0 Å². The molecular weight excluding hydrogens is 270 g/mol. The Morgan fingerprint density at radius 2 is 1.95 bits per heavy atom. The summed E-state index contributed by atoms with van der Waals surface area (Å²) in [4.78, 5) is 20.7. The molecule has 3 aromatic heterocycles. The van der Waals surface area contributed by atoms with E-state index < -0.39 is 0 Å². The number of fused-ring (bicyclic) bond motifs is 3. The highest BCUT2D eigenvalue weighted by Crippen LogP contribution is 2.15. The first-order valence-corrected chi connectivity index (χ1v) is 7.02. The lowest BCUT2D eigenvalue weighted by Crippen LogP contribution is -2.22. The van der Waals surface area contributed by atoms with E-state index in [4.69, 9.17) is 0 Å². The van der Waals surface area contributed by atoms with Crippen molar-refractivity contribution in [1.82, 2.24) is 9.38 Å². The monoisotopic (exact) mass is 280 g/mol. The molecule has 5 heteroatoms. The number of hydrogen-bond donors (Lipinski definition) is 0. The molecule has 0 amide bonds. The molecule has 0 aliphatic carbocycles. The highest BCUT2D eigenvalue weighted by atomic mass is 32.1. The molecule has 0 saturated carbocycles. The zero-order valence-electron chi connectivity index (χ0n) is 10.4. The van der Waals surface area contributed by atoms with Crippen molar-refractivity contribution < 1.29 is 4.98 Å². The van der Waals surface area contributed by atoms with E-state index in [1.807, 2.05) is 54.9 Å². The normalized spacial score (nSPS) is 12.5. The molecule has 0 unspecified atom stereocenters. The maximum Gasteiger partial charge on any atom is 0.274 e. The molecule has 4 nitrogen and oxygen atoms in total. The fourth-order valence-corrected chi connectivity index (χ4v) is 3.25. The van der Waals surface area contributed by atoms with Crippen molar-refractivity contribution in [2.75, 3.05) is 0 Å². The van der Waals surface area contributed by atoms with Crippen LogP contribution in [-0.4, -0.2) is 9.38 Å². The summed E-state index contributed by atoms with van der Waals surface area (Å²) in [6, 6.07) is 11.6. The van der Waals surface area contributed by atoms with Crippen molar-refractivity contribution >= 4 is 33.4 Å². The molecule has 0 aliphatic rings. The van der Waals surface area contributed by atoms with Crippen molar-refractivity contribution in [2.24, 2.45) is 0 Å². The highest BCUT2D eigenvalue weighted by Gasteiger charge is 2.10. The van der Waals surface area contributed by atoms with Crippen LogP contribution in [0, 0.1) is 0 Å². The maximum absolute atomic E-state index is 12.5. The maximum atomic E-state index is 12.5. The van der Waals surface area contributed by atoms with Crippen LogP contribution in [0.15, 0.2) is 53.6 Å². The van der Waals surface area contributed by atoms with E-state index in [2.05, 4.69) is 9.97 Å².